The van der Waals surface area contributed by atoms with Crippen LogP contribution in [0.5, 0.6) is 0 Å². The predicted molar refractivity (Wildman–Crippen MR) is 69.1 cm³/mol. The number of rotatable bonds is 7. The quantitative estimate of drug-likeness (QED) is 0.449. The summed E-state index contributed by atoms with van der Waals surface area (Å²) in [6, 6.07) is 4.30. The molecule has 0 nitrogen and oxygen atoms in total. The van der Waals surface area contributed by atoms with Gasteiger partial charge in [-0.3, -0.25) is 0 Å². The van der Waals surface area contributed by atoms with Gasteiger partial charge in [0.25, 0.3) is 0 Å². The fourth-order valence-electron chi connectivity index (χ4n) is 1.66. The van der Waals surface area contributed by atoms with E-state index in [1.165, 1.54) is 49.7 Å². The van der Waals surface area contributed by atoms with E-state index in [9.17, 15) is 0 Å². The molecule has 1 aromatic heterocycles. The molecular formula is C12H20P2. The Kier molecular flexibility index (Phi) is 6.57. The van der Waals surface area contributed by atoms with Crippen LogP contribution >= 0.6 is 16.8 Å². The summed E-state index contributed by atoms with van der Waals surface area (Å²) >= 11 is 0. The van der Waals surface area contributed by atoms with E-state index in [1.807, 2.05) is 0 Å². The number of aryl methyl sites for hydroxylation is 1. The van der Waals surface area contributed by atoms with Crippen LogP contribution < -0.4 is 5.04 Å². The summed E-state index contributed by atoms with van der Waals surface area (Å²) in [5.74, 6) is 2.34. The topological polar surface area (TPSA) is 0 Å². The van der Waals surface area contributed by atoms with Gasteiger partial charge in [-0.05, 0) is 33.7 Å². The molecule has 0 saturated heterocycles. The molecule has 0 saturated carbocycles. The van der Waals surface area contributed by atoms with Crippen molar-refractivity contribution in [2.45, 2.75) is 51.6 Å². The average Bonchev–Trinajstić information content (AvgIpc) is 2.58. The molecule has 2 radical (unpaired) electrons. The van der Waals surface area contributed by atoms with Gasteiger partial charge in [-0.2, -0.15) is 0 Å². The summed E-state index contributed by atoms with van der Waals surface area (Å²) in [6.07, 6.45) is 9.75. The Morgan fingerprint density at radius 1 is 1.14 bits per heavy atom. The number of hydrogen-bond donors (Lipinski definition) is 0. The first kappa shape index (κ1) is 12.3. The summed E-state index contributed by atoms with van der Waals surface area (Å²) in [7, 11) is 4.49. The van der Waals surface area contributed by atoms with Gasteiger partial charge < -0.3 is 0 Å². The van der Waals surface area contributed by atoms with Crippen LogP contribution in [0.4, 0.5) is 0 Å². The zero-order chi connectivity index (χ0) is 10.2. The molecule has 1 atom stereocenters. The van der Waals surface area contributed by atoms with Crippen LogP contribution in [-0.2, 0) is 6.16 Å². The molecule has 1 unspecified atom stereocenters. The Hall–Kier alpha value is 0.210. The third kappa shape index (κ3) is 4.63. The van der Waals surface area contributed by atoms with Crippen LogP contribution in [-0.4, -0.2) is 0 Å². The van der Waals surface area contributed by atoms with Gasteiger partial charge in [0.15, 0.2) is 0 Å². The molecule has 0 aromatic carbocycles. The third-order valence-electron chi connectivity index (χ3n) is 2.56. The Balaban J connectivity index is 2.02. The first-order valence-electron chi connectivity index (χ1n) is 5.68. The van der Waals surface area contributed by atoms with Crippen LogP contribution in [0.15, 0.2) is 17.9 Å². The van der Waals surface area contributed by atoms with Gasteiger partial charge in [0, 0.05) is 5.04 Å². The van der Waals surface area contributed by atoms with Crippen LogP contribution in [0.2, 0.25) is 0 Å². The van der Waals surface area contributed by atoms with E-state index in [0.717, 1.165) is 0 Å². The van der Waals surface area contributed by atoms with Gasteiger partial charge in [0.1, 0.15) is 0 Å². The van der Waals surface area contributed by atoms with Crippen LogP contribution in [0.3, 0.4) is 0 Å². The lowest BCUT2D eigenvalue weighted by Crippen LogP contribution is -1.83. The van der Waals surface area contributed by atoms with Gasteiger partial charge in [-0.15, -0.1) is 7.53 Å². The zero-order valence-electron chi connectivity index (χ0n) is 9.08. The molecule has 0 amide bonds. The maximum absolute atomic E-state index is 4.47. The highest BCUT2D eigenvalue weighted by molar-refractivity contribution is 7.63. The Morgan fingerprint density at radius 2 is 1.86 bits per heavy atom. The molecule has 1 aromatic rings. The predicted octanol–water partition coefficient (Wildman–Crippen LogP) is 5.07. The Bertz CT molecular complexity index is 240. The van der Waals surface area contributed by atoms with E-state index in [1.54, 1.807) is 0 Å². The average molecular weight is 226 g/mol. The molecule has 0 aliphatic rings. The monoisotopic (exact) mass is 226 g/mol. The van der Waals surface area contributed by atoms with Crippen LogP contribution in [0, 0.1) is 0 Å². The Labute approximate surface area is 91.8 Å². The molecule has 0 bridgehead atoms. The lowest BCUT2D eigenvalue weighted by Gasteiger charge is -2.01. The number of unbranched alkanes of at least 4 members (excludes halogenated alkanes) is 5. The Morgan fingerprint density at radius 3 is 2.50 bits per heavy atom. The minimum atomic E-state index is 0.0139. The van der Waals surface area contributed by atoms with Crippen molar-refractivity contribution in [2.24, 2.45) is 0 Å². The van der Waals surface area contributed by atoms with Crippen molar-refractivity contribution >= 4 is 21.8 Å². The van der Waals surface area contributed by atoms with Crippen molar-refractivity contribution in [3.05, 3.63) is 17.9 Å². The lowest BCUT2D eigenvalue weighted by atomic mass is 10.1. The molecule has 0 aliphatic heterocycles. The molecule has 14 heavy (non-hydrogen) atoms. The van der Waals surface area contributed by atoms with E-state index < -0.39 is 0 Å². The van der Waals surface area contributed by atoms with Gasteiger partial charge in [0.05, 0.1) is 0 Å². The highest BCUT2D eigenvalue weighted by Crippen LogP contribution is 2.29. The molecule has 0 aliphatic carbocycles. The molecule has 0 fully saturated rings. The SMILES string of the molecule is CCCCCCCCp1cccc1[P]. The molecule has 2 heteroatoms. The molecule has 0 N–H and O–H groups in total. The first-order chi connectivity index (χ1) is 6.84. The van der Waals surface area contributed by atoms with E-state index in [0.29, 0.717) is 0 Å². The van der Waals surface area contributed by atoms with Crippen molar-refractivity contribution in [2.75, 3.05) is 0 Å². The lowest BCUT2D eigenvalue weighted by molar-refractivity contribution is 0.619. The second-order valence-electron chi connectivity index (χ2n) is 3.83. The van der Waals surface area contributed by atoms with Gasteiger partial charge in [-0.1, -0.05) is 45.1 Å². The number of hydrogen-bond acceptors (Lipinski definition) is 0. The normalized spacial score (nSPS) is 12.0. The van der Waals surface area contributed by atoms with E-state index in [4.69, 9.17) is 0 Å². The maximum atomic E-state index is 4.47. The fourth-order valence-corrected chi connectivity index (χ4v) is 3.91. The largest absolute Gasteiger partial charge is 0.116 e. The molecular weight excluding hydrogens is 206 g/mol. The highest BCUT2D eigenvalue weighted by Gasteiger charge is 1.97. The molecule has 0 spiro atoms. The first-order valence-corrected chi connectivity index (χ1v) is 7.73. The smallest absolute Gasteiger partial charge is 0.00528 e. The second-order valence-corrected chi connectivity index (χ2v) is 6.83. The maximum Gasteiger partial charge on any atom is 0.00528 e. The van der Waals surface area contributed by atoms with Gasteiger partial charge in [-0.25, -0.2) is 0 Å². The minimum absolute atomic E-state index is 0.0139. The van der Waals surface area contributed by atoms with Crippen LogP contribution in [0.25, 0.3) is 0 Å². The zero-order valence-corrected chi connectivity index (χ0v) is 10.9. The third-order valence-corrected chi connectivity index (χ3v) is 5.55. The van der Waals surface area contributed by atoms with Crippen molar-refractivity contribution in [1.82, 2.24) is 0 Å². The van der Waals surface area contributed by atoms with Gasteiger partial charge in [0.2, 0.25) is 0 Å². The van der Waals surface area contributed by atoms with Crippen LogP contribution in [0.1, 0.15) is 45.4 Å². The summed E-state index contributed by atoms with van der Waals surface area (Å²) < 4.78 is 0. The summed E-state index contributed by atoms with van der Waals surface area (Å²) in [6.45, 7) is 2.27. The summed E-state index contributed by atoms with van der Waals surface area (Å²) in [5.41, 5.74) is 0. The van der Waals surface area contributed by atoms with Crippen molar-refractivity contribution in [3.63, 3.8) is 0 Å². The molecule has 1 heterocycles. The highest BCUT2D eigenvalue weighted by atomic mass is 31.1. The summed E-state index contributed by atoms with van der Waals surface area (Å²) in [4.78, 5) is 0. The standard InChI is InChI=1S/C12H20P2/c1-2-3-4-5-6-7-10-14-11-8-9-12(14)13/h8-9,11H,2-7,10H2,1H3. The summed E-state index contributed by atoms with van der Waals surface area (Å²) in [5, 5.41) is 1.31. The van der Waals surface area contributed by atoms with Crippen molar-refractivity contribution in [3.8, 4) is 0 Å². The van der Waals surface area contributed by atoms with Gasteiger partial charge >= 0.3 is 0 Å². The van der Waals surface area contributed by atoms with E-state index in [2.05, 4.69) is 34.1 Å². The molecule has 78 valence electrons. The fraction of sp³-hybridized carbons (Fsp3) is 0.667. The van der Waals surface area contributed by atoms with E-state index >= 15 is 0 Å². The minimum Gasteiger partial charge on any atom is -0.116 e. The van der Waals surface area contributed by atoms with Crippen molar-refractivity contribution < 1.29 is 0 Å². The molecule has 1 rings (SSSR count). The second kappa shape index (κ2) is 7.49. The van der Waals surface area contributed by atoms with E-state index in [-0.39, 0.29) is 7.53 Å². The van der Waals surface area contributed by atoms with Crippen molar-refractivity contribution in [1.29, 1.82) is 0 Å².